The van der Waals surface area contributed by atoms with Crippen molar-refractivity contribution in [1.29, 1.82) is 0 Å². The molecule has 0 aromatic carbocycles. The van der Waals surface area contributed by atoms with Crippen LogP contribution in [0.2, 0.25) is 0 Å². The average Bonchev–Trinajstić information content (AvgIpc) is 2.33. The first kappa shape index (κ1) is 15.4. The van der Waals surface area contributed by atoms with E-state index in [1.807, 2.05) is 0 Å². The van der Waals surface area contributed by atoms with Gasteiger partial charge < -0.3 is 11.1 Å². The summed E-state index contributed by atoms with van der Waals surface area (Å²) < 4.78 is 22.0. The fourth-order valence-corrected chi connectivity index (χ4v) is 2.92. The number of hydrogen-bond acceptors (Lipinski definition) is 4. The summed E-state index contributed by atoms with van der Waals surface area (Å²) in [4.78, 5) is 11.7. The van der Waals surface area contributed by atoms with E-state index in [-0.39, 0.29) is 18.1 Å². The summed E-state index contributed by atoms with van der Waals surface area (Å²) in [6.07, 6.45) is 7.44. The second kappa shape index (κ2) is 7.09. The summed E-state index contributed by atoms with van der Waals surface area (Å²) in [5.74, 6) is 0.291. The van der Waals surface area contributed by atoms with Crippen molar-refractivity contribution >= 4 is 15.7 Å². The Balaban J connectivity index is 2.22. The lowest BCUT2D eigenvalue weighted by Gasteiger charge is -2.22. The van der Waals surface area contributed by atoms with Crippen LogP contribution in [0, 0.1) is 5.92 Å². The molecule has 18 heavy (non-hydrogen) atoms. The standard InChI is InChI=1S/C12H24N2O3S/c1-18(16,17)8-7-11(13)12(15)14-9-10-5-3-2-4-6-10/h10-11H,2-9,13H2,1H3,(H,14,15). The molecule has 0 heterocycles. The summed E-state index contributed by atoms with van der Waals surface area (Å²) in [6.45, 7) is 0.672. The highest BCUT2D eigenvalue weighted by molar-refractivity contribution is 7.90. The van der Waals surface area contributed by atoms with Gasteiger partial charge in [0.25, 0.3) is 0 Å². The third-order valence-electron chi connectivity index (χ3n) is 3.43. The van der Waals surface area contributed by atoms with Gasteiger partial charge in [0.05, 0.1) is 11.8 Å². The minimum absolute atomic E-state index is 0.0367. The Morgan fingerprint density at radius 2 is 1.94 bits per heavy atom. The zero-order valence-electron chi connectivity index (χ0n) is 11.0. The maximum atomic E-state index is 11.7. The Kier molecular flexibility index (Phi) is 6.08. The van der Waals surface area contributed by atoms with Crippen LogP contribution in [0.15, 0.2) is 0 Å². The third-order valence-corrected chi connectivity index (χ3v) is 4.40. The molecule has 0 radical (unpaired) electrons. The number of amides is 1. The van der Waals surface area contributed by atoms with E-state index in [0.29, 0.717) is 12.5 Å². The highest BCUT2D eigenvalue weighted by atomic mass is 32.2. The molecule has 0 saturated heterocycles. The quantitative estimate of drug-likeness (QED) is 0.737. The molecule has 1 aliphatic carbocycles. The monoisotopic (exact) mass is 276 g/mol. The molecule has 1 saturated carbocycles. The van der Waals surface area contributed by atoms with Crippen LogP contribution in [0.1, 0.15) is 38.5 Å². The van der Waals surface area contributed by atoms with E-state index in [0.717, 1.165) is 6.26 Å². The Bertz CT molecular complexity index is 362. The number of carbonyl (C=O) groups is 1. The molecule has 1 fully saturated rings. The van der Waals surface area contributed by atoms with E-state index in [4.69, 9.17) is 5.73 Å². The summed E-state index contributed by atoms with van der Waals surface area (Å²) >= 11 is 0. The molecule has 5 nitrogen and oxygen atoms in total. The highest BCUT2D eigenvalue weighted by Crippen LogP contribution is 2.22. The Morgan fingerprint density at radius 3 is 2.50 bits per heavy atom. The zero-order chi connectivity index (χ0) is 13.6. The summed E-state index contributed by atoms with van der Waals surface area (Å²) in [7, 11) is -3.05. The number of nitrogens with one attached hydrogen (secondary N) is 1. The van der Waals surface area contributed by atoms with Crippen LogP contribution in [-0.4, -0.2) is 38.9 Å². The SMILES string of the molecule is CS(=O)(=O)CCC(N)C(=O)NCC1CCCCC1. The van der Waals surface area contributed by atoms with Gasteiger partial charge in [0.1, 0.15) is 9.84 Å². The van der Waals surface area contributed by atoms with Crippen molar-refractivity contribution in [2.24, 2.45) is 11.7 Å². The molecule has 0 spiro atoms. The van der Waals surface area contributed by atoms with Gasteiger partial charge in [-0.2, -0.15) is 0 Å². The van der Waals surface area contributed by atoms with Crippen molar-refractivity contribution in [2.45, 2.75) is 44.6 Å². The Labute approximate surface area is 109 Å². The van der Waals surface area contributed by atoms with E-state index in [1.165, 1.54) is 32.1 Å². The van der Waals surface area contributed by atoms with Gasteiger partial charge in [0, 0.05) is 12.8 Å². The van der Waals surface area contributed by atoms with Gasteiger partial charge in [0.15, 0.2) is 0 Å². The minimum Gasteiger partial charge on any atom is -0.354 e. The van der Waals surface area contributed by atoms with Gasteiger partial charge in [0.2, 0.25) is 5.91 Å². The van der Waals surface area contributed by atoms with Gasteiger partial charge >= 0.3 is 0 Å². The number of sulfone groups is 1. The Hall–Kier alpha value is -0.620. The van der Waals surface area contributed by atoms with E-state index in [9.17, 15) is 13.2 Å². The smallest absolute Gasteiger partial charge is 0.236 e. The Morgan fingerprint density at radius 1 is 1.33 bits per heavy atom. The molecule has 6 heteroatoms. The van der Waals surface area contributed by atoms with Crippen LogP contribution in [0.4, 0.5) is 0 Å². The second-order valence-electron chi connectivity index (χ2n) is 5.27. The van der Waals surface area contributed by atoms with Crippen molar-refractivity contribution in [3.63, 3.8) is 0 Å². The van der Waals surface area contributed by atoms with Crippen LogP contribution in [0.25, 0.3) is 0 Å². The van der Waals surface area contributed by atoms with Crippen LogP contribution < -0.4 is 11.1 Å². The van der Waals surface area contributed by atoms with Gasteiger partial charge in [-0.1, -0.05) is 19.3 Å². The first-order valence-electron chi connectivity index (χ1n) is 6.59. The molecule has 1 rings (SSSR count). The van der Waals surface area contributed by atoms with Crippen molar-refractivity contribution in [1.82, 2.24) is 5.32 Å². The van der Waals surface area contributed by atoms with Crippen LogP contribution in [0.3, 0.4) is 0 Å². The molecule has 1 amide bonds. The molecular weight excluding hydrogens is 252 g/mol. The first-order chi connectivity index (χ1) is 8.38. The number of nitrogens with two attached hydrogens (primary N) is 1. The molecule has 0 aromatic heterocycles. The molecule has 106 valence electrons. The maximum absolute atomic E-state index is 11.7. The second-order valence-corrected chi connectivity index (χ2v) is 7.53. The summed E-state index contributed by atoms with van der Waals surface area (Å²) in [5.41, 5.74) is 5.66. The molecule has 0 aliphatic heterocycles. The molecular formula is C12H24N2O3S. The largest absolute Gasteiger partial charge is 0.354 e. The number of hydrogen-bond donors (Lipinski definition) is 2. The fraction of sp³-hybridized carbons (Fsp3) is 0.917. The minimum atomic E-state index is -3.05. The highest BCUT2D eigenvalue weighted by Gasteiger charge is 2.18. The molecule has 0 bridgehead atoms. The van der Waals surface area contributed by atoms with E-state index >= 15 is 0 Å². The normalized spacial score (nSPS) is 19.4. The first-order valence-corrected chi connectivity index (χ1v) is 8.65. The lowest BCUT2D eigenvalue weighted by Crippen LogP contribution is -2.43. The van der Waals surface area contributed by atoms with Gasteiger partial charge in [-0.05, 0) is 25.2 Å². The lowest BCUT2D eigenvalue weighted by atomic mass is 9.89. The summed E-state index contributed by atoms with van der Waals surface area (Å²) in [6, 6.07) is -0.719. The van der Waals surface area contributed by atoms with E-state index in [1.54, 1.807) is 0 Å². The predicted molar refractivity (Wildman–Crippen MR) is 71.9 cm³/mol. The molecule has 1 atom stereocenters. The topological polar surface area (TPSA) is 89.3 Å². The van der Waals surface area contributed by atoms with Gasteiger partial charge in [-0.15, -0.1) is 0 Å². The van der Waals surface area contributed by atoms with E-state index in [2.05, 4.69) is 5.32 Å². The van der Waals surface area contributed by atoms with Gasteiger partial charge in [-0.3, -0.25) is 4.79 Å². The predicted octanol–water partition coefficient (Wildman–Crippen LogP) is 0.445. The van der Waals surface area contributed by atoms with Crippen molar-refractivity contribution in [3.05, 3.63) is 0 Å². The van der Waals surface area contributed by atoms with E-state index < -0.39 is 15.9 Å². The van der Waals surface area contributed by atoms with Crippen LogP contribution in [-0.2, 0) is 14.6 Å². The average molecular weight is 276 g/mol. The number of carbonyl (C=O) groups excluding carboxylic acids is 1. The number of rotatable bonds is 6. The summed E-state index contributed by atoms with van der Waals surface area (Å²) in [5, 5.41) is 2.83. The third kappa shape index (κ3) is 6.35. The van der Waals surface area contributed by atoms with Crippen LogP contribution in [0.5, 0.6) is 0 Å². The molecule has 1 unspecified atom stereocenters. The maximum Gasteiger partial charge on any atom is 0.236 e. The van der Waals surface area contributed by atoms with Crippen LogP contribution >= 0.6 is 0 Å². The fourth-order valence-electron chi connectivity index (χ4n) is 2.24. The molecule has 1 aliphatic rings. The van der Waals surface area contributed by atoms with Crippen molar-refractivity contribution < 1.29 is 13.2 Å². The van der Waals surface area contributed by atoms with Gasteiger partial charge in [-0.25, -0.2) is 8.42 Å². The zero-order valence-corrected chi connectivity index (χ0v) is 11.8. The van der Waals surface area contributed by atoms with Crippen molar-refractivity contribution in [2.75, 3.05) is 18.6 Å². The lowest BCUT2D eigenvalue weighted by molar-refractivity contribution is -0.122. The molecule has 0 aromatic rings. The van der Waals surface area contributed by atoms with Crippen molar-refractivity contribution in [3.8, 4) is 0 Å². The molecule has 3 N–H and O–H groups in total.